The fourth-order valence-electron chi connectivity index (χ4n) is 4.15. The first kappa shape index (κ1) is 31.5. The Balaban J connectivity index is 2.06. The summed E-state index contributed by atoms with van der Waals surface area (Å²) < 4.78 is 28.7. The quantitative estimate of drug-likeness (QED) is 0.266. The van der Waals surface area contributed by atoms with Gasteiger partial charge in [0.15, 0.2) is 0 Å². The lowest BCUT2D eigenvalue weighted by Crippen LogP contribution is -2.53. The van der Waals surface area contributed by atoms with E-state index in [0.29, 0.717) is 27.7 Å². The van der Waals surface area contributed by atoms with Crippen LogP contribution in [0.25, 0.3) is 0 Å². The van der Waals surface area contributed by atoms with Crippen molar-refractivity contribution in [2.75, 3.05) is 10.8 Å². The summed E-state index contributed by atoms with van der Waals surface area (Å²) in [4.78, 5) is 28.9. The van der Waals surface area contributed by atoms with E-state index in [1.807, 2.05) is 27.7 Å². The molecule has 0 fully saturated rings. The number of anilines is 1. The van der Waals surface area contributed by atoms with Crippen molar-refractivity contribution < 1.29 is 18.0 Å². The molecule has 0 saturated carbocycles. The molecule has 0 aromatic heterocycles. The largest absolute Gasteiger partial charge is 0.352 e. The average Bonchev–Trinajstić information content (AvgIpc) is 2.94. The molecule has 3 aromatic rings. The number of carbonyl (C=O) groups is 2. The maximum absolute atomic E-state index is 14.1. The molecule has 214 valence electrons. The van der Waals surface area contributed by atoms with Gasteiger partial charge in [0.1, 0.15) is 12.6 Å². The van der Waals surface area contributed by atoms with Gasteiger partial charge in [0.2, 0.25) is 11.8 Å². The first-order valence-electron chi connectivity index (χ1n) is 13.2. The molecular weight excluding hydrogens is 569 g/mol. The summed E-state index contributed by atoms with van der Waals surface area (Å²) in [6.45, 7) is 7.09. The van der Waals surface area contributed by atoms with Gasteiger partial charge in [0.25, 0.3) is 10.0 Å². The molecule has 3 rings (SSSR count). The molecule has 0 bridgehead atoms. The van der Waals surface area contributed by atoms with Crippen LogP contribution in [-0.2, 0) is 26.2 Å². The molecule has 0 heterocycles. The lowest BCUT2D eigenvalue weighted by atomic mass is 10.1. The first-order valence-corrected chi connectivity index (χ1v) is 15.4. The Bertz CT molecular complexity index is 1420. The highest BCUT2D eigenvalue weighted by Crippen LogP contribution is 2.27. The number of hydrogen-bond donors (Lipinski definition) is 1. The van der Waals surface area contributed by atoms with Gasteiger partial charge in [-0.3, -0.25) is 13.9 Å². The average molecular weight is 605 g/mol. The zero-order chi connectivity index (χ0) is 29.4. The molecule has 40 heavy (non-hydrogen) atoms. The van der Waals surface area contributed by atoms with Gasteiger partial charge in [-0.25, -0.2) is 8.42 Å². The fourth-order valence-corrected chi connectivity index (χ4v) is 5.91. The molecule has 0 saturated heterocycles. The molecule has 0 spiro atoms. The van der Waals surface area contributed by atoms with E-state index in [4.69, 9.17) is 23.2 Å². The van der Waals surface area contributed by atoms with Crippen molar-refractivity contribution >= 4 is 50.7 Å². The summed E-state index contributed by atoms with van der Waals surface area (Å²) in [7, 11) is -4.11. The number of benzene rings is 3. The van der Waals surface area contributed by atoms with Crippen LogP contribution < -0.4 is 9.62 Å². The number of nitrogens with zero attached hydrogens (tertiary/aromatic N) is 2. The van der Waals surface area contributed by atoms with Crippen molar-refractivity contribution in [3.8, 4) is 0 Å². The van der Waals surface area contributed by atoms with Gasteiger partial charge in [0.05, 0.1) is 20.6 Å². The molecule has 0 radical (unpaired) electrons. The number of sulfonamides is 1. The van der Waals surface area contributed by atoms with Crippen molar-refractivity contribution in [1.29, 1.82) is 0 Å². The van der Waals surface area contributed by atoms with Crippen LogP contribution in [-0.4, -0.2) is 43.8 Å². The van der Waals surface area contributed by atoms with E-state index in [1.54, 1.807) is 60.7 Å². The van der Waals surface area contributed by atoms with Crippen LogP contribution in [0.1, 0.15) is 44.7 Å². The van der Waals surface area contributed by atoms with Crippen LogP contribution in [0.4, 0.5) is 5.69 Å². The molecule has 0 aliphatic rings. The van der Waals surface area contributed by atoms with Gasteiger partial charge < -0.3 is 10.2 Å². The number of hydrogen-bond acceptors (Lipinski definition) is 4. The zero-order valence-corrected chi connectivity index (χ0v) is 25.4. The molecule has 3 aromatic carbocycles. The predicted molar refractivity (Wildman–Crippen MR) is 161 cm³/mol. The lowest BCUT2D eigenvalue weighted by molar-refractivity contribution is -0.140. The van der Waals surface area contributed by atoms with E-state index < -0.39 is 28.5 Å². The molecular formula is C30H35Cl2N3O4S. The Morgan fingerprint density at radius 3 is 2.12 bits per heavy atom. The highest BCUT2D eigenvalue weighted by Gasteiger charge is 2.34. The van der Waals surface area contributed by atoms with Crippen molar-refractivity contribution in [2.24, 2.45) is 0 Å². The molecule has 0 aliphatic heterocycles. The van der Waals surface area contributed by atoms with E-state index >= 15 is 0 Å². The second-order valence-corrected chi connectivity index (χ2v) is 12.3. The van der Waals surface area contributed by atoms with Crippen molar-refractivity contribution in [3.05, 3.63) is 94.0 Å². The van der Waals surface area contributed by atoms with E-state index in [2.05, 4.69) is 5.32 Å². The highest BCUT2D eigenvalue weighted by molar-refractivity contribution is 7.92. The number of nitrogens with one attached hydrogen (secondary N) is 1. The van der Waals surface area contributed by atoms with Gasteiger partial charge in [-0.05, 0) is 68.7 Å². The van der Waals surface area contributed by atoms with Crippen LogP contribution in [0.15, 0.2) is 77.7 Å². The Morgan fingerprint density at radius 1 is 0.900 bits per heavy atom. The van der Waals surface area contributed by atoms with Crippen molar-refractivity contribution in [2.45, 2.75) is 64.1 Å². The third-order valence-corrected chi connectivity index (χ3v) is 9.18. The first-order chi connectivity index (χ1) is 19.0. The third-order valence-electron chi connectivity index (χ3n) is 6.66. The van der Waals surface area contributed by atoms with Gasteiger partial charge in [-0.15, -0.1) is 0 Å². The Hall–Kier alpha value is -3.07. The minimum absolute atomic E-state index is 0.0370. The number of amides is 2. The molecule has 10 heteroatoms. The summed E-state index contributed by atoms with van der Waals surface area (Å²) in [5.41, 5.74) is 1.95. The molecule has 0 aliphatic carbocycles. The number of carbonyl (C=O) groups excluding carboxylic acids is 2. The summed E-state index contributed by atoms with van der Waals surface area (Å²) >= 11 is 12.3. The molecule has 2 atom stereocenters. The standard InChI is InChI=1S/C30H35Cl2N3O4S/c1-5-22(4)33-30(37)28(6-2)34(19-23-14-17-26(31)27(32)18-23)29(36)20-35(24-15-12-21(3)13-16-24)40(38,39)25-10-8-7-9-11-25/h7-18,22,28H,5-6,19-20H2,1-4H3,(H,33,37)/t22-,28-/m1/s1. The predicted octanol–water partition coefficient (Wildman–Crippen LogP) is 6.22. The Kier molecular flexibility index (Phi) is 11.0. The van der Waals surface area contributed by atoms with Crippen LogP contribution in [0.5, 0.6) is 0 Å². The van der Waals surface area contributed by atoms with Gasteiger partial charge in [-0.2, -0.15) is 0 Å². The summed E-state index contributed by atoms with van der Waals surface area (Å²) in [6.07, 6.45) is 1.05. The van der Waals surface area contributed by atoms with Crippen LogP contribution >= 0.6 is 23.2 Å². The van der Waals surface area contributed by atoms with Gasteiger partial charge in [-0.1, -0.05) is 79.0 Å². The fraction of sp³-hybridized carbons (Fsp3) is 0.333. The SMILES string of the molecule is CC[C@@H](C)NC(=O)[C@@H](CC)N(Cc1ccc(Cl)c(Cl)c1)C(=O)CN(c1ccc(C)cc1)S(=O)(=O)c1ccccc1. The molecule has 7 nitrogen and oxygen atoms in total. The lowest BCUT2D eigenvalue weighted by Gasteiger charge is -2.33. The summed E-state index contributed by atoms with van der Waals surface area (Å²) in [5, 5.41) is 3.64. The van der Waals surface area contributed by atoms with Crippen LogP contribution in [0, 0.1) is 6.92 Å². The smallest absolute Gasteiger partial charge is 0.264 e. The van der Waals surface area contributed by atoms with Gasteiger partial charge in [0, 0.05) is 12.6 Å². The van der Waals surface area contributed by atoms with Crippen LogP contribution in [0.3, 0.4) is 0 Å². The van der Waals surface area contributed by atoms with E-state index in [-0.39, 0.29) is 23.4 Å². The molecule has 1 N–H and O–H groups in total. The maximum Gasteiger partial charge on any atom is 0.264 e. The minimum Gasteiger partial charge on any atom is -0.352 e. The number of rotatable bonds is 12. The maximum atomic E-state index is 14.1. The van der Waals surface area contributed by atoms with Gasteiger partial charge >= 0.3 is 0 Å². The van der Waals surface area contributed by atoms with E-state index in [1.165, 1.54) is 17.0 Å². The highest BCUT2D eigenvalue weighted by atomic mass is 35.5. The Morgan fingerprint density at radius 2 is 1.55 bits per heavy atom. The van der Waals surface area contributed by atoms with E-state index in [0.717, 1.165) is 16.3 Å². The second-order valence-electron chi connectivity index (χ2n) is 9.67. The van der Waals surface area contributed by atoms with Crippen molar-refractivity contribution in [1.82, 2.24) is 10.2 Å². The summed E-state index contributed by atoms with van der Waals surface area (Å²) in [6, 6.07) is 18.9. The monoisotopic (exact) mass is 603 g/mol. The van der Waals surface area contributed by atoms with E-state index in [9.17, 15) is 18.0 Å². The summed E-state index contributed by atoms with van der Waals surface area (Å²) in [5.74, 6) is -0.838. The second kappa shape index (κ2) is 14.0. The molecule has 0 unspecified atom stereocenters. The topological polar surface area (TPSA) is 86.8 Å². The van der Waals surface area contributed by atoms with Crippen LogP contribution in [0.2, 0.25) is 10.0 Å². The minimum atomic E-state index is -4.11. The van der Waals surface area contributed by atoms with Crippen molar-refractivity contribution in [3.63, 3.8) is 0 Å². The Labute approximate surface area is 247 Å². The zero-order valence-electron chi connectivity index (χ0n) is 23.1. The molecule has 2 amide bonds. The third kappa shape index (κ3) is 7.77. The number of halogens is 2. The number of aryl methyl sites for hydroxylation is 1. The normalized spacial score (nSPS) is 12.8.